The van der Waals surface area contributed by atoms with Gasteiger partial charge in [0.15, 0.2) is 18.0 Å². The molecule has 0 amide bonds. The predicted octanol–water partition coefficient (Wildman–Crippen LogP) is 1.36. The average Bonchev–Trinajstić information content (AvgIpc) is 2.93. The first kappa shape index (κ1) is 14.0. The molecular weight excluding hydrogens is 248 g/mol. The first-order valence-corrected chi connectivity index (χ1v) is 6.05. The van der Waals surface area contributed by atoms with Crippen molar-refractivity contribution in [2.45, 2.75) is 31.0 Å². The van der Waals surface area contributed by atoms with Gasteiger partial charge in [0, 0.05) is 14.0 Å². The number of carbonyl (C=O) groups is 1. The number of hydrogen-bond acceptors (Lipinski definition) is 5. The van der Waals surface area contributed by atoms with Gasteiger partial charge in [-0.05, 0) is 5.57 Å². The molecule has 0 radical (unpaired) electrons. The van der Waals surface area contributed by atoms with Crippen LogP contribution in [0, 0.1) is 0 Å². The summed E-state index contributed by atoms with van der Waals surface area (Å²) >= 11 is 0. The van der Waals surface area contributed by atoms with E-state index >= 15 is 0 Å². The second kappa shape index (κ2) is 5.28. The fraction of sp³-hybridized carbons (Fsp3) is 0.500. The summed E-state index contributed by atoms with van der Waals surface area (Å²) in [5, 5.41) is 0. The van der Waals surface area contributed by atoms with Crippen LogP contribution in [0.1, 0.15) is 6.92 Å². The molecule has 104 valence electrons. The van der Waals surface area contributed by atoms with Gasteiger partial charge in [0.2, 0.25) is 0 Å². The van der Waals surface area contributed by atoms with Crippen molar-refractivity contribution in [3.63, 3.8) is 0 Å². The zero-order valence-corrected chi connectivity index (χ0v) is 11.1. The summed E-state index contributed by atoms with van der Waals surface area (Å²) in [6, 6.07) is 0. The van der Waals surface area contributed by atoms with Crippen LogP contribution in [0.3, 0.4) is 0 Å². The highest BCUT2D eigenvalue weighted by Crippen LogP contribution is 2.45. The average molecular weight is 266 g/mol. The van der Waals surface area contributed by atoms with Crippen molar-refractivity contribution in [2.24, 2.45) is 0 Å². The highest BCUT2D eigenvalue weighted by atomic mass is 16.7. The lowest BCUT2D eigenvalue weighted by Gasteiger charge is -2.34. The summed E-state index contributed by atoms with van der Waals surface area (Å²) in [6.07, 6.45) is 3.34. The van der Waals surface area contributed by atoms with Gasteiger partial charge in [0.05, 0.1) is 6.61 Å². The largest absolute Gasteiger partial charge is 0.453 e. The van der Waals surface area contributed by atoms with Crippen LogP contribution in [-0.2, 0) is 23.7 Å². The molecule has 0 aromatic rings. The quantitative estimate of drug-likeness (QED) is 0.568. The Hall–Kier alpha value is -1.43. The lowest BCUT2D eigenvalue weighted by molar-refractivity contribution is -0.181. The molecule has 0 aromatic heterocycles. The van der Waals surface area contributed by atoms with E-state index in [1.54, 1.807) is 12.2 Å². The van der Waals surface area contributed by atoms with E-state index in [1.165, 1.54) is 14.0 Å². The molecule has 19 heavy (non-hydrogen) atoms. The minimum Gasteiger partial charge on any atom is -0.453 e. The fourth-order valence-corrected chi connectivity index (χ4v) is 2.66. The van der Waals surface area contributed by atoms with Crippen molar-refractivity contribution in [2.75, 3.05) is 13.7 Å². The van der Waals surface area contributed by atoms with Crippen LogP contribution < -0.4 is 0 Å². The van der Waals surface area contributed by atoms with Gasteiger partial charge < -0.3 is 18.9 Å². The Morgan fingerprint density at radius 2 is 2.32 bits per heavy atom. The van der Waals surface area contributed by atoms with Crippen LogP contribution in [0.5, 0.6) is 0 Å². The molecule has 0 aliphatic carbocycles. The van der Waals surface area contributed by atoms with Gasteiger partial charge in [-0.15, -0.1) is 6.58 Å². The number of esters is 1. The topological polar surface area (TPSA) is 54.0 Å². The molecule has 0 unspecified atom stereocenters. The predicted molar refractivity (Wildman–Crippen MR) is 68.4 cm³/mol. The van der Waals surface area contributed by atoms with Crippen molar-refractivity contribution in [1.29, 1.82) is 0 Å². The molecular formula is C14H18O5. The van der Waals surface area contributed by atoms with E-state index in [1.807, 2.05) is 6.08 Å². The van der Waals surface area contributed by atoms with E-state index < -0.39 is 30.1 Å². The summed E-state index contributed by atoms with van der Waals surface area (Å²) < 4.78 is 22.2. The lowest BCUT2D eigenvalue weighted by Crippen LogP contribution is -2.51. The second-order valence-electron chi connectivity index (χ2n) is 4.39. The minimum absolute atomic E-state index is 0.406. The van der Waals surface area contributed by atoms with E-state index in [2.05, 4.69) is 13.2 Å². The Kier molecular flexibility index (Phi) is 3.89. The third-order valence-corrected chi connectivity index (χ3v) is 3.41. The zero-order chi connectivity index (χ0) is 14.0. The normalized spacial score (nSPS) is 37.2. The molecule has 4 atom stereocenters. The third-order valence-electron chi connectivity index (χ3n) is 3.41. The maximum atomic E-state index is 11.3. The summed E-state index contributed by atoms with van der Waals surface area (Å²) in [5.41, 5.74) is -0.0984. The van der Waals surface area contributed by atoms with E-state index in [0.717, 1.165) is 5.57 Å². The molecule has 1 spiro atoms. The molecule has 0 saturated carbocycles. The number of rotatable bonds is 4. The molecule has 2 rings (SSSR count). The van der Waals surface area contributed by atoms with Crippen LogP contribution in [-0.4, -0.2) is 43.8 Å². The summed E-state index contributed by atoms with van der Waals surface area (Å²) in [6.45, 7) is 9.27. The van der Waals surface area contributed by atoms with Crippen LogP contribution in [0.15, 0.2) is 37.0 Å². The van der Waals surface area contributed by atoms with Gasteiger partial charge in [-0.25, -0.2) is 0 Å². The number of ether oxygens (including phenoxy) is 4. The lowest BCUT2D eigenvalue weighted by atomic mass is 9.85. The van der Waals surface area contributed by atoms with Gasteiger partial charge in [0.1, 0.15) is 6.10 Å². The Labute approximate surface area is 112 Å². The summed E-state index contributed by atoms with van der Waals surface area (Å²) in [7, 11) is 1.49. The standard InChI is InChI=1S/C14H18O5/c1-5-10-7-8-17-14(10)11(6-2)19-13(16-4)12(14)18-9(3)15/h5-7,11-13H,1-2,8H2,3-4H3/t11-,12+,13+,14-/m1/s1. The smallest absolute Gasteiger partial charge is 0.303 e. The van der Waals surface area contributed by atoms with Crippen LogP contribution in [0.4, 0.5) is 0 Å². The molecule has 5 nitrogen and oxygen atoms in total. The Morgan fingerprint density at radius 3 is 2.84 bits per heavy atom. The Morgan fingerprint density at radius 1 is 1.58 bits per heavy atom. The van der Waals surface area contributed by atoms with Crippen molar-refractivity contribution < 1.29 is 23.7 Å². The fourth-order valence-electron chi connectivity index (χ4n) is 2.66. The first-order chi connectivity index (χ1) is 9.09. The number of methoxy groups -OCH3 is 1. The SMILES string of the molecule is C=CC1=CCO[C@@]12[C@@H](C=C)O[C@H](OC)[C@@H]2OC(C)=O. The second-order valence-corrected chi connectivity index (χ2v) is 4.39. The molecule has 2 heterocycles. The van der Waals surface area contributed by atoms with Crippen LogP contribution >= 0.6 is 0 Å². The molecule has 2 aliphatic heterocycles. The van der Waals surface area contributed by atoms with E-state index in [9.17, 15) is 4.79 Å². The molecule has 0 N–H and O–H groups in total. The summed E-state index contributed by atoms with van der Waals surface area (Å²) in [5.74, 6) is -0.418. The van der Waals surface area contributed by atoms with Gasteiger partial charge >= 0.3 is 5.97 Å². The van der Waals surface area contributed by atoms with Crippen LogP contribution in [0.2, 0.25) is 0 Å². The van der Waals surface area contributed by atoms with Crippen molar-refractivity contribution >= 4 is 5.97 Å². The minimum atomic E-state index is -0.921. The number of carbonyl (C=O) groups excluding carboxylic acids is 1. The highest BCUT2D eigenvalue weighted by Gasteiger charge is 2.62. The van der Waals surface area contributed by atoms with Crippen molar-refractivity contribution in [3.8, 4) is 0 Å². The molecule has 2 aliphatic rings. The first-order valence-electron chi connectivity index (χ1n) is 6.05. The van der Waals surface area contributed by atoms with Crippen molar-refractivity contribution in [1.82, 2.24) is 0 Å². The molecule has 1 saturated heterocycles. The van der Waals surface area contributed by atoms with Gasteiger partial charge in [-0.2, -0.15) is 0 Å². The highest BCUT2D eigenvalue weighted by molar-refractivity contribution is 5.66. The van der Waals surface area contributed by atoms with E-state index in [0.29, 0.717) is 6.61 Å². The Bertz CT molecular complexity index is 428. The van der Waals surface area contributed by atoms with Crippen LogP contribution in [0.25, 0.3) is 0 Å². The third kappa shape index (κ3) is 2.04. The van der Waals surface area contributed by atoms with E-state index in [-0.39, 0.29) is 0 Å². The summed E-state index contributed by atoms with van der Waals surface area (Å²) in [4.78, 5) is 11.3. The van der Waals surface area contributed by atoms with E-state index in [4.69, 9.17) is 18.9 Å². The van der Waals surface area contributed by atoms with Crippen molar-refractivity contribution in [3.05, 3.63) is 37.0 Å². The monoisotopic (exact) mass is 266 g/mol. The Balaban J connectivity index is 2.44. The zero-order valence-electron chi connectivity index (χ0n) is 11.1. The number of hydrogen-bond donors (Lipinski definition) is 0. The van der Waals surface area contributed by atoms with Gasteiger partial charge in [-0.3, -0.25) is 4.79 Å². The van der Waals surface area contributed by atoms with Gasteiger partial charge in [0.25, 0.3) is 0 Å². The molecule has 0 bridgehead atoms. The maximum Gasteiger partial charge on any atom is 0.303 e. The van der Waals surface area contributed by atoms with Gasteiger partial charge in [-0.1, -0.05) is 24.8 Å². The molecule has 5 heteroatoms. The molecule has 0 aromatic carbocycles. The molecule has 1 fully saturated rings. The maximum absolute atomic E-state index is 11.3.